The first kappa shape index (κ1) is 16.3. The highest BCUT2D eigenvalue weighted by atomic mass is 16.3. The van der Waals surface area contributed by atoms with Crippen LogP contribution >= 0.6 is 0 Å². The molecule has 0 saturated carbocycles. The fourth-order valence-electron chi connectivity index (χ4n) is 2.39. The van der Waals surface area contributed by atoms with Crippen molar-refractivity contribution < 1.29 is 14.7 Å². The number of nitrogens with one attached hydrogen (secondary N) is 2. The van der Waals surface area contributed by atoms with E-state index in [1.807, 2.05) is 13.8 Å². The van der Waals surface area contributed by atoms with E-state index >= 15 is 0 Å². The van der Waals surface area contributed by atoms with E-state index in [4.69, 9.17) is 0 Å². The number of likely N-dealkylation sites (tertiary alicyclic amines) is 1. The van der Waals surface area contributed by atoms with E-state index in [1.54, 1.807) is 29.2 Å². The van der Waals surface area contributed by atoms with Crippen LogP contribution in [-0.4, -0.2) is 47.2 Å². The van der Waals surface area contributed by atoms with Gasteiger partial charge in [0.25, 0.3) is 5.91 Å². The Bertz CT molecular complexity index is 528. The third-order valence-corrected chi connectivity index (χ3v) is 3.50. The molecular formula is C16H23N3O3. The largest absolute Gasteiger partial charge is 0.391 e. The summed E-state index contributed by atoms with van der Waals surface area (Å²) in [7, 11) is 0. The number of amides is 3. The predicted molar refractivity (Wildman–Crippen MR) is 84.9 cm³/mol. The molecule has 1 fully saturated rings. The highest BCUT2D eigenvalue weighted by Crippen LogP contribution is 2.14. The first-order chi connectivity index (χ1) is 10.5. The Morgan fingerprint density at radius 3 is 2.55 bits per heavy atom. The van der Waals surface area contributed by atoms with Crippen LogP contribution in [0.4, 0.5) is 10.5 Å². The van der Waals surface area contributed by atoms with Crippen LogP contribution in [0.1, 0.15) is 37.0 Å². The second-order valence-corrected chi connectivity index (χ2v) is 5.88. The van der Waals surface area contributed by atoms with Gasteiger partial charge in [0.15, 0.2) is 0 Å². The number of carbonyl (C=O) groups is 2. The maximum atomic E-state index is 12.1. The van der Waals surface area contributed by atoms with Gasteiger partial charge in [-0.3, -0.25) is 4.79 Å². The Morgan fingerprint density at radius 1 is 1.27 bits per heavy atom. The van der Waals surface area contributed by atoms with Gasteiger partial charge in [0.2, 0.25) is 0 Å². The Labute approximate surface area is 130 Å². The van der Waals surface area contributed by atoms with E-state index in [1.165, 1.54) is 0 Å². The number of rotatable bonds is 3. The van der Waals surface area contributed by atoms with Crippen LogP contribution in [0.2, 0.25) is 0 Å². The number of anilines is 1. The summed E-state index contributed by atoms with van der Waals surface area (Å²) < 4.78 is 0. The van der Waals surface area contributed by atoms with Crippen molar-refractivity contribution in [1.82, 2.24) is 10.2 Å². The minimum Gasteiger partial charge on any atom is -0.391 e. The smallest absolute Gasteiger partial charge is 0.321 e. The molecule has 1 saturated heterocycles. The van der Waals surface area contributed by atoms with Gasteiger partial charge in [0.1, 0.15) is 0 Å². The van der Waals surface area contributed by atoms with Crippen molar-refractivity contribution >= 4 is 17.6 Å². The Balaban J connectivity index is 1.93. The van der Waals surface area contributed by atoms with E-state index in [0.717, 1.165) is 12.8 Å². The van der Waals surface area contributed by atoms with E-state index in [2.05, 4.69) is 10.6 Å². The van der Waals surface area contributed by atoms with Crippen LogP contribution < -0.4 is 10.6 Å². The molecule has 1 aliphatic heterocycles. The van der Waals surface area contributed by atoms with Crippen molar-refractivity contribution in [2.45, 2.75) is 38.8 Å². The molecule has 1 heterocycles. The van der Waals surface area contributed by atoms with Crippen molar-refractivity contribution in [2.24, 2.45) is 0 Å². The highest BCUT2D eigenvalue weighted by molar-refractivity contribution is 5.95. The number of piperidine rings is 1. The first-order valence-electron chi connectivity index (χ1n) is 7.60. The summed E-state index contributed by atoms with van der Waals surface area (Å²) in [5.74, 6) is -0.132. The van der Waals surface area contributed by atoms with E-state index < -0.39 is 6.10 Å². The van der Waals surface area contributed by atoms with Crippen molar-refractivity contribution in [1.29, 1.82) is 0 Å². The molecule has 6 nitrogen and oxygen atoms in total. The third kappa shape index (κ3) is 4.46. The Morgan fingerprint density at radius 2 is 1.95 bits per heavy atom. The number of hydrogen-bond acceptors (Lipinski definition) is 3. The lowest BCUT2D eigenvalue weighted by atomic mass is 10.1. The van der Waals surface area contributed by atoms with Crippen LogP contribution in [0.15, 0.2) is 24.3 Å². The summed E-state index contributed by atoms with van der Waals surface area (Å²) >= 11 is 0. The Hall–Kier alpha value is -2.08. The van der Waals surface area contributed by atoms with Crippen molar-refractivity contribution in [3.8, 4) is 0 Å². The lowest BCUT2D eigenvalue weighted by molar-refractivity contribution is 0.0883. The fraction of sp³-hybridized carbons (Fsp3) is 0.500. The summed E-state index contributed by atoms with van der Waals surface area (Å²) in [6.45, 7) is 4.82. The molecule has 1 aliphatic rings. The number of aliphatic hydroxyl groups is 1. The van der Waals surface area contributed by atoms with Gasteiger partial charge in [-0.1, -0.05) is 0 Å². The summed E-state index contributed by atoms with van der Waals surface area (Å²) in [5, 5.41) is 15.2. The van der Waals surface area contributed by atoms with Crippen LogP contribution in [0.5, 0.6) is 0 Å². The molecule has 0 aliphatic carbocycles. The standard InChI is InChI=1S/C16H23N3O3/c1-11(2)17-15(21)12-5-7-13(8-6-12)18-16(22)19-9-3-4-14(20)10-19/h5-8,11,14,20H,3-4,9-10H2,1-2H3,(H,17,21)(H,18,22). The molecule has 1 unspecified atom stereocenters. The van der Waals surface area contributed by atoms with Gasteiger partial charge in [0.05, 0.1) is 6.10 Å². The van der Waals surface area contributed by atoms with Gasteiger partial charge in [-0.2, -0.15) is 0 Å². The molecule has 2 rings (SSSR count). The molecule has 0 radical (unpaired) electrons. The van der Waals surface area contributed by atoms with E-state index in [9.17, 15) is 14.7 Å². The van der Waals surface area contributed by atoms with Crippen molar-refractivity contribution in [2.75, 3.05) is 18.4 Å². The van der Waals surface area contributed by atoms with Crippen molar-refractivity contribution in [3.05, 3.63) is 29.8 Å². The molecule has 1 atom stereocenters. The molecule has 0 spiro atoms. The predicted octanol–water partition coefficient (Wildman–Crippen LogP) is 1.81. The maximum Gasteiger partial charge on any atom is 0.321 e. The van der Waals surface area contributed by atoms with Crippen LogP contribution in [0.25, 0.3) is 0 Å². The molecule has 120 valence electrons. The highest BCUT2D eigenvalue weighted by Gasteiger charge is 2.22. The monoisotopic (exact) mass is 305 g/mol. The molecule has 1 aromatic carbocycles. The maximum absolute atomic E-state index is 12.1. The minimum atomic E-state index is -0.443. The molecule has 6 heteroatoms. The number of urea groups is 1. The summed E-state index contributed by atoms with van der Waals surface area (Å²) in [4.78, 5) is 25.5. The first-order valence-corrected chi connectivity index (χ1v) is 7.60. The summed E-state index contributed by atoms with van der Waals surface area (Å²) in [6.07, 6.45) is 1.10. The molecule has 0 aromatic heterocycles. The quantitative estimate of drug-likeness (QED) is 0.796. The second-order valence-electron chi connectivity index (χ2n) is 5.88. The third-order valence-electron chi connectivity index (χ3n) is 3.50. The summed E-state index contributed by atoms with van der Waals surface area (Å²) in [5.41, 5.74) is 1.19. The zero-order chi connectivity index (χ0) is 16.1. The van der Waals surface area contributed by atoms with Crippen LogP contribution in [0.3, 0.4) is 0 Å². The van der Waals surface area contributed by atoms with Gasteiger partial charge in [-0.15, -0.1) is 0 Å². The average molecular weight is 305 g/mol. The minimum absolute atomic E-state index is 0.0809. The lowest BCUT2D eigenvalue weighted by Gasteiger charge is -2.30. The van der Waals surface area contributed by atoms with E-state index in [-0.39, 0.29) is 18.0 Å². The Kier molecular flexibility index (Phi) is 5.38. The van der Waals surface area contributed by atoms with Crippen LogP contribution in [-0.2, 0) is 0 Å². The number of nitrogens with zero attached hydrogens (tertiary/aromatic N) is 1. The number of benzene rings is 1. The van der Waals surface area contributed by atoms with Crippen molar-refractivity contribution in [3.63, 3.8) is 0 Å². The molecule has 22 heavy (non-hydrogen) atoms. The zero-order valence-electron chi connectivity index (χ0n) is 13.0. The average Bonchev–Trinajstić information content (AvgIpc) is 2.47. The molecule has 1 aromatic rings. The number of carbonyl (C=O) groups excluding carboxylic acids is 2. The van der Waals surface area contributed by atoms with E-state index in [0.29, 0.717) is 24.3 Å². The normalized spacial score (nSPS) is 18.2. The number of β-amino-alcohol motifs (C(OH)–C–C–N with tert-alkyl or cyclic N) is 1. The number of hydrogen-bond donors (Lipinski definition) is 3. The van der Waals surface area contributed by atoms with Gasteiger partial charge in [-0.05, 0) is 51.0 Å². The number of aliphatic hydroxyl groups excluding tert-OH is 1. The fourth-order valence-corrected chi connectivity index (χ4v) is 2.39. The van der Waals surface area contributed by atoms with Gasteiger partial charge >= 0.3 is 6.03 Å². The molecule has 3 amide bonds. The second kappa shape index (κ2) is 7.26. The topological polar surface area (TPSA) is 81.7 Å². The molecular weight excluding hydrogens is 282 g/mol. The van der Waals surface area contributed by atoms with Gasteiger partial charge in [0, 0.05) is 30.4 Å². The SMILES string of the molecule is CC(C)NC(=O)c1ccc(NC(=O)N2CCCC(O)C2)cc1. The van der Waals surface area contributed by atoms with Gasteiger partial charge < -0.3 is 20.6 Å². The van der Waals surface area contributed by atoms with Crippen LogP contribution in [0, 0.1) is 0 Å². The lowest BCUT2D eigenvalue weighted by Crippen LogP contribution is -2.44. The molecule has 3 N–H and O–H groups in total. The summed E-state index contributed by atoms with van der Waals surface area (Å²) in [6, 6.07) is 6.62. The zero-order valence-corrected chi connectivity index (χ0v) is 13.0. The molecule has 0 bridgehead atoms. The van der Waals surface area contributed by atoms with Gasteiger partial charge in [-0.25, -0.2) is 4.79 Å².